The summed E-state index contributed by atoms with van der Waals surface area (Å²) in [5, 5.41) is 10.1. The Morgan fingerprint density at radius 2 is 1.80 bits per heavy atom. The molecule has 40 heavy (non-hydrogen) atoms. The van der Waals surface area contributed by atoms with Crippen molar-refractivity contribution in [1.29, 1.82) is 0 Å². The van der Waals surface area contributed by atoms with Gasteiger partial charge in [0.15, 0.2) is 15.7 Å². The highest BCUT2D eigenvalue weighted by molar-refractivity contribution is 7.89. The van der Waals surface area contributed by atoms with Crippen LogP contribution in [0.1, 0.15) is 43.7 Å². The molecule has 1 fully saturated rings. The largest absolute Gasteiger partial charge is 0.489 e. The molecule has 0 saturated carbocycles. The Labute approximate surface area is 238 Å². The lowest BCUT2D eigenvalue weighted by Crippen LogP contribution is -2.26. The first kappa shape index (κ1) is 28.0. The van der Waals surface area contributed by atoms with Gasteiger partial charge < -0.3 is 20.7 Å². The molecule has 2 aromatic carbocycles. The summed E-state index contributed by atoms with van der Waals surface area (Å²) in [5.41, 5.74) is 4.07. The molecule has 0 aliphatic carbocycles. The van der Waals surface area contributed by atoms with E-state index in [-0.39, 0.29) is 16.9 Å². The maximum absolute atomic E-state index is 12.3. The summed E-state index contributed by atoms with van der Waals surface area (Å²) >= 11 is 6.47. The first-order valence-corrected chi connectivity index (χ1v) is 15.6. The monoisotopic (exact) mass is 581 g/mol. The third-order valence-electron chi connectivity index (χ3n) is 6.57. The summed E-state index contributed by atoms with van der Waals surface area (Å²) in [4.78, 5) is 17.6. The summed E-state index contributed by atoms with van der Waals surface area (Å²) in [5.74, 6) is 1.61. The van der Waals surface area contributed by atoms with Gasteiger partial charge in [-0.05, 0) is 75.5 Å². The topological polar surface area (TPSA) is 131 Å². The molecule has 0 unspecified atom stereocenters. The first-order valence-electron chi connectivity index (χ1n) is 13.1. The zero-order chi connectivity index (χ0) is 28.3. The fourth-order valence-corrected chi connectivity index (χ4v) is 5.74. The smallest absolute Gasteiger partial charge is 0.229 e. The average Bonchev–Trinajstić information content (AvgIpc) is 2.92. The molecular weight excluding hydrogens is 550 g/mol. The molecule has 0 radical (unpaired) electrons. The lowest BCUT2D eigenvalue weighted by molar-refractivity contribution is 0.243. The van der Waals surface area contributed by atoms with E-state index < -0.39 is 9.84 Å². The highest BCUT2D eigenvalue weighted by Gasteiger charge is 2.19. The van der Waals surface area contributed by atoms with Crippen LogP contribution < -0.4 is 20.7 Å². The number of fused-ring (bicyclic) bond motifs is 1. The van der Waals surface area contributed by atoms with Gasteiger partial charge in [0.1, 0.15) is 10.8 Å². The zero-order valence-electron chi connectivity index (χ0n) is 22.6. The van der Waals surface area contributed by atoms with E-state index in [1.165, 1.54) is 24.2 Å². The van der Waals surface area contributed by atoms with Crippen molar-refractivity contribution in [2.75, 3.05) is 30.0 Å². The molecule has 12 heteroatoms. The number of nitrogens with one attached hydrogen (secondary N) is 3. The molecule has 5 rings (SSSR count). The molecule has 1 aliphatic rings. The fraction of sp³-hybridized carbons (Fsp3) is 0.357. The Hall–Kier alpha value is -3.54. The number of aromatic nitrogens is 4. The van der Waals surface area contributed by atoms with Gasteiger partial charge in [-0.2, -0.15) is 4.98 Å². The van der Waals surface area contributed by atoms with Crippen LogP contribution in [0.5, 0.6) is 5.75 Å². The van der Waals surface area contributed by atoms with Crippen molar-refractivity contribution in [3.05, 3.63) is 65.1 Å². The van der Waals surface area contributed by atoms with Gasteiger partial charge >= 0.3 is 0 Å². The predicted octanol–water partition coefficient (Wildman–Crippen LogP) is 5.36. The second-order valence-electron chi connectivity index (χ2n) is 10.2. The number of hydrogen-bond acceptors (Lipinski definition) is 10. The van der Waals surface area contributed by atoms with Crippen molar-refractivity contribution in [3.8, 4) is 5.75 Å². The van der Waals surface area contributed by atoms with Crippen LogP contribution in [-0.4, -0.2) is 53.8 Å². The molecule has 0 bridgehead atoms. The summed E-state index contributed by atoms with van der Waals surface area (Å²) in [7, 11) is -3.37. The molecule has 0 atom stereocenters. The van der Waals surface area contributed by atoms with Crippen molar-refractivity contribution >= 4 is 55.6 Å². The van der Waals surface area contributed by atoms with E-state index in [2.05, 4.69) is 48.0 Å². The van der Waals surface area contributed by atoms with Crippen LogP contribution in [0, 0.1) is 0 Å². The number of piperidine rings is 1. The molecule has 3 heterocycles. The standard InChI is InChI=1S/C28H32ClN7O3S/c1-17(2)39-25-14-19(18-8-10-30-11-9-18)4-5-23(25)35-28-33-15-21(29)27(36-28)34-22-6-7-24-26(32-13-12-31-24)20(22)16-40(3,37)38/h4-7,12-15,17-18,30H,8-11,16H2,1-3H3,(H2,33,34,35,36). The molecule has 10 nitrogen and oxygen atoms in total. The number of hydrogen-bond donors (Lipinski definition) is 3. The van der Waals surface area contributed by atoms with E-state index in [9.17, 15) is 8.42 Å². The number of benzene rings is 2. The molecule has 2 aromatic heterocycles. The van der Waals surface area contributed by atoms with Gasteiger partial charge in [0, 0.05) is 29.9 Å². The maximum atomic E-state index is 12.3. The average molecular weight is 582 g/mol. The van der Waals surface area contributed by atoms with E-state index in [4.69, 9.17) is 16.3 Å². The Morgan fingerprint density at radius 1 is 1.05 bits per heavy atom. The Bertz CT molecular complexity index is 1630. The minimum absolute atomic E-state index is 0.0172. The van der Waals surface area contributed by atoms with Crippen LogP contribution in [0.15, 0.2) is 48.9 Å². The van der Waals surface area contributed by atoms with Gasteiger partial charge in [0.2, 0.25) is 5.95 Å². The summed E-state index contributed by atoms with van der Waals surface area (Å²) < 4.78 is 30.7. The summed E-state index contributed by atoms with van der Waals surface area (Å²) in [6.45, 7) is 6.00. The van der Waals surface area contributed by atoms with Gasteiger partial charge in [-0.25, -0.2) is 13.4 Å². The van der Waals surface area contributed by atoms with Gasteiger partial charge in [-0.3, -0.25) is 9.97 Å². The Balaban J connectivity index is 1.46. The second-order valence-corrected chi connectivity index (χ2v) is 12.7. The number of rotatable bonds is 9. The Kier molecular flexibility index (Phi) is 8.34. The van der Waals surface area contributed by atoms with Gasteiger partial charge in [-0.15, -0.1) is 0 Å². The van der Waals surface area contributed by atoms with Crippen LogP contribution in [0.25, 0.3) is 11.0 Å². The SMILES string of the molecule is CC(C)Oc1cc(C2CCNCC2)ccc1Nc1ncc(Cl)c(Nc2ccc3nccnc3c2CS(C)(=O)=O)n1. The molecule has 0 amide bonds. The number of ether oxygens (including phenoxy) is 1. The van der Waals surface area contributed by atoms with Crippen LogP contribution in [-0.2, 0) is 15.6 Å². The van der Waals surface area contributed by atoms with Gasteiger partial charge in [0.25, 0.3) is 0 Å². The predicted molar refractivity (Wildman–Crippen MR) is 159 cm³/mol. The molecule has 0 spiro atoms. The van der Waals surface area contributed by atoms with Crippen LogP contribution in [0.2, 0.25) is 5.02 Å². The number of halogens is 1. The third-order valence-corrected chi connectivity index (χ3v) is 7.66. The highest BCUT2D eigenvalue weighted by Crippen LogP contribution is 2.35. The molecule has 4 aromatic rings. The third kappa shape index (κ3) is 6.78. The fourth-order valence-electron chi connectivity index (χ4n) is 4.78. The van der Waals surface area contributed by atoms with Crippen molar-refractivity contribution in [3.63, 3.8) is 0 Å². The van der Waals surface area contributed by atoms with E-state index in [1.807, 2.05) is 19.9 Å². The minimum atomic E-state index is -3.37. The minimum Gasteiger partial charge on any atom is -0.489 e. The van der Waals surface area contributed by atoms with E-state index in [0.717, 1.165) is 37.4 Å². The second kappa shape index (κ2) is 11.9. The molecule has 3 N–H and O–H groups in total. The van der Waals surface area contributed by atoms with Crippen LogP contribution in [0.4, 0.5) is 23.1 Å². The molecule has 1 saturated heterocycles. The van der Waals surface area contributed by atoms with E-state index in [0.29, 0.717) is 40.0 Å². The van der Waals surface area contributed by atoms with Crippen LogP contribution in [0.3, 0.4) is 0 Å². The molecule has 210 valence electrons. The normalized spacial score (nSPS) is 14.4. The van der Waals surface area contributed by atoms with Crippen molar-refractivity contribution in [1.82, 2.24) is 25.3 Å². The number of nitrogens with zero attached hydrogens (tertiary/aromatic N) is 4. The Morgan fingerprint density at radius 3 is 2.55 bits per heavy atom. The van der Waals surface area contributed by atoms with E-state index >= 15 is 0 Å². The van der Waals surface area contributed by atoms with Gasteiger partial charge in [0.05, 0.1) is 34.8 Å². The lowest BCUT2D eigenvalue weighted by atomic mass is 9.90. The van der Waals surface area contributed by atoms with Gasteiger partial charge in [-0.1, -0.05) is 17.7 Å². The number of sulfone groups is 1. The maximum Gasteiger partial charge on any atom is 0.229 e. The zero-order valence-corrected chi connectivity index (χ0v) is 24.2. The lowest BCUT2D eigenvalue weighted by Gasteiger charge is -2.24. The van der Waals surface area contributed by atoms with Crippen molar-refractivity contribution in [2.24, 2.45) is 0 Å². The van der Waals surface area contributed by atoms with Crippen molar-refractivity contribution in [2.45, 2.75) is 44.5 Å². The highest BCUT2D eigenvalue weighted by atomic mass is 35.5. The molecule has 1 aliphatic heterocycles. The summed E-state index contributed by atoms with van der Waals surface area (Å²) in [6, 6.07) is 9.73. The van der Waals surface area contributed by atoms with Crippen LogP contribution >= 0.6 is 11.6 Å². The first-order chi connectivity index (χ1) is 19.2. The molecular formula is C28H32ClN7O3S. The number of anilines is 4. The summed E-state index contributed by atoms with van der Waals surface area (Å²) in [6.07, 6.45) is 7.92. The van der Waals surface area contributed by atoms with Crippen molar-refractivity contribution < 1.29 is 13.2 Å². The van der Waals surface area contributed by atoms with E-state index in [1.54, 1.807) is 18.3 Å². The quantitative estimate of drug-likeness (QED) is 0.237.